The number of amides is 2. The first-order valence-electron chi connectivity index (χ1n) is 16.5. The maximum Gasteiger partial charge on any atom is 0.222 e. The Balaban J connectivity index is 4.54. The average Bonchev–Trinajstić information content (AvgIpc) is 2.92. The molecule has 0 aliphatic rings. The van der Waals surface area contributed by atoms with Gasteiger partial charge in [-0.1, -0.05) is 110 Å². The van der Waals surface area contributed by atoms with E-state index in [1.54, 1.807) is 0 Å². The van der Waals surface area contributed by atoms with Crippen LogP contribution in [0.3, 0.4) is 0 Å². The summed E-state index contributed by atoms with van der Waals surface area (Å²) in [6.07, 6.45) is 20.3. The van der Waals surface area contributed by atoms with Crippen molar-refractivity contribution in [1.82, 2.24) is 10.6 Å². The largest absolute Gasteiger partial charge is 0.423 e. The lowest BCUT2D eigenvalue weighted by Gasteiger charge is -2.23. The third-order valence-corrected chi connectivity index (χ3v) is 8.26. The highest BCUT2D eigenvalue weighted by molar-refractivity contribution is 7.77. The maximum atomic E-state index is 12.7. The molecule has 0 fully saturated rings. The zero-order chi connectivity index (χ0) is 30.8. The molecule has 6 nitrogen and oxygen atoms in total. The minimum atomic E-state index is -3.33. The smallest absolute Gasteiger partial charge is 0.222 e. The van der Waals surface area contributed by atoms with Crippen LogP contribution in [0, 0.1) is 0 Å². The molecule has 5 atom stereocenters. The van der Waals surface area contributed by atoms with E-state index in [-0.39, 0.29) is 37.5 Å². The molecule has 3 unspecified atom stereocenters. The van der Waals surface area contributed by atoms with Crippen molar-refractivity contribution in [3.63, 3.8) is 0 Å². The van der Waals surface area contributed by atoms with Gasteiger partial charge in [0.25, 0.3) is 0 Å². The van der Waals surface area contributed by atoms with Crippen molar-refractivity contribution in [2.75, 3.05) is 19.8 Å². The van der Waals surface area contributed by atoms with Crippen LogP contribution in [0.5, 0.6) is 0 Å². The van der Waals surface area contributed by atoms with Crippen molar-refractivity contribution < 1.29 is 18.5 Å². The summed E-state index contributed by atoms with van der Waals surface area (Å²) >= 11 is 0. The summed E-state index contributed by atoms with van der Waals surface area (Å²) in [6, 6.07) is -0.512. The predicted octanol–water partition coefficient (Wildman–Crippen LogP) is 6.31. The molecule has 0 rings (SSSR count). The topological polar surface area (TPSA) is 76.7 Å². The summed E-state index contributed by atoms with van der Waals surface area (Å²) in [5.41, 5.74) is 0. The molecule has 0 saturated heterocycles. The fourth-order valence-corrected chi connectivity index (χ4v) is 5.79. The summed E-state index contributed by atoms with van der Waals surface area (Å²) in [7, 11) is 6.76. The molecule has 4 radical (unpaired) electrons. The molecule has 0 bridgehead atoms. The monoisotopic (exact) mass is 601 g/mol. The van der Waals surface area contributed by atoms with Gasteiger partial charge in [0.15, 0.2) is 0 Å². The van der Waals surface area contributed by atoms with Crippen LogP contribution < -0.4 is 10.6 Å². The van der Waals surface area contributed by atoms with Gasteiger partial charge in [-0.05, 0) is 27.5 Å². The van der Waals surface area contributed by atoms with Gasteiger partial charge in [-0.2, -0.15) is 0 Å². The van der Waals surface area contributed by atoms with E-state index in [0.29, 0.717) is 6.42 Å². The van der Waals surface area contributed by atoms with Crippen LogP contribution >= 0.6 is 16.8 Å². The third-order valence-electron chi connectivity index (χ3n) is 6.72. The second kappa shape index (κ2) is 28.2. The van der Waals surface area contributed by atoms with Crippen molar-refractivity contribution in [2.24, 2.45) is 0 Å². The van der Waals surface area contributed by atoms with Crippen LogP contribution in [0.1, 0.15) is 136 Å². The summed E-state index contributed by atoms with van der Waals surface area (Å²) in [6.45, 7) is 6.42. The van der Waals surface area contributed by atoms with Crippen molar-refractivity contribution >= 4 is 52.1 Å². The molecule has 224 valence electrons. The number of hydrogen-bond donors (Lipinski definition) is 2. The molecular formula is C28H58B2N2O4P2Si. The Morgan fingerprint density at radius 1 is 0.949 bits per heavy atom. The molecular weight excluding hydrogens is 540 g/mol. The van der Waals surface area contributed by atoms with Gasteiger partial charge in [0.1, 0.15) is 16.1 Å². The fraction of sp³-hybridized carbons (Fsp3) is 0.929. The SMILES string of the molecule is [2H][Si]([B])(OC[C@@H](CNC(=O)C[C@@H](CCCCCCC)OP([B])C)NC(=O)CCCCCCCCCCCCC)P[3H]. The normalized spacial score (nSPS) is 16.3. The Hall–Kier alpha value is 0.0668. The maximum absolute atomic E-state index is 12.7. The Labute approximate surface area is 251 Å². The molecule has 0 spiro atoms. The Bertz CT molecular complexity index is 662. The second-order valence-electron chi connectivity index (χ2n) is 10.7. The van der Waals surface area contributed by atoms with Crippen LogP contribution in [0.25, 0.3) is 0 Å². The Morgan fingerprint density at radius 2 is 1.49 bits per heavy atom. The lowest BCUT2D eigenvalue weighted by Crippen LogP contribution is -2.47. The quantitative estimate of drug-likeness (QED) is 0.0599. The Kier molecular flexibility index (Phi) is 25.5. The van der Waals surface area contributed by atoms with E-state index >= 15 is 0 Å². The summed E-state index contributed by atoms with van der Waals surface area (Å²) in [5, 5.41) is 5.83. The number of carbonyl (C=O) groups excluding carboxylic acids is 2. The van der Waals surface area contributed by atoms with Gasteiger partial charge in [-0.3, -0.25) is 9.59 Å². The van der Waals surface area contributed by atoms with Gasteiger partial charge in [0.2, 0.25) is 11.8 Å². The van der Waals surface area contributed by atoms with Crippen LogP contribution in [-0.4, -0.2) is 69.8 Å². The molecule has 0 aliphatic carbocycles. The van der Waals surface area contributed by atoms with Crippen molar-refractivity contribution in [3.05, 3.63) is 0 Å². The molecule has 2 amide bonds. The number of rotatable bonds is 29. The van der Waals surface area contributed by atoms with Crippen molar-refractivity contribution in [1.29, 1.82) is 2.51 Å². The highest BCUT2D eigenvalue weighted by atomic mass is 31.3. The van der Waals surface area contributed by atoms with Gasteiger partial charge in [0.05, 0.1) is 33.9 Å². The lowest BCUT2D eigenvalue weighted by molar-refractivity contribution is -0.124. The third kappa shape index (κ3) is 28.0. The van der Waals surface area contributed by atoms with Crippen molar-refractivity contribution in [3.8, 4) is 0 Å². The van der Waals surface area contributed by atoms with Crippen LogP contribution in [0.15, 0.2) is 0 Å². The van der Waals surface area contributed by atoms with E-state index in [0.717, 1.165) is 38.5 Å². The summed E-state index contributed by atoms with van der Waals surface area (Å²) in [5.74, 6) is -0.270. The van der Waals surface area contributed by atoms with E-state index in [1.807, 2.05) is 6.66 Å². The molecule has 11 heteroatoms. The first-order valence-corrected chi connectivity index (χ1v) is 20.2. The number of carbonyl (C=O) groups is 2. The van der Waals surface area contributed by atoms with Gasteiger partial charge in [0, 0.05) is 14.2 Å². The van der Waals surface area contributed by atoms with E-state index in [1.165, 1.54) is 70.6 Å². The number of unbranched alkanes of at least 4 members (excludes halogenated alkanes) is 14. The van der Waals surface area contributed by atoms with E-state index in [9.17, 15) is 9.59 Å². The molecule has 0 saturated carbocycles. The van der Waals surface area contributed by atoms with Gasteiger partial charge < -0.3 is 19.6 Å². The molecule has 0 aromatic heterocycles. The minimum Gasteiger partial charge on any atom is -0.423 e. The summed E-state index contributed by atoms with van der Waals surface area (Å²) < 4.78 is 26.8. The van der Waals surface area contributed by atoms with E-state index in [4.69, 9.17) is 26.5 Å². The van der Waals surface area contributed by atoms with E-state index in [2.05, 4.69) is 24.5 Å². The number of nitrogens with one attached hydrogen (secondary N) is 2. The molecule has 39 heavy (non-hydrogen) atoms. The lowest BCUT2D eigenvalue weighted by atomic mass is 10.1. The number of hydrogen-bond acceptors (Lipinski definition) is 4. The fourth-order valence-electron chi connectivity index (χ4n) is 4.51. The molecule has 0 aromatic carbocycles. The average molecular weight is 601 g/mol. The Morgan fingerprint density at radius 3 is 2.03 bits per heavy atom. The van der Waals surface area contributed by atoms with Crippen LogP contribution in [0.2, 0.25) is 0 Å². The van der Waals surface area contributed by atoms with Crippen LogP contribution in [-0.2, 0) is 18.5 Å². The van der Waals surface area contributed by atoms with Gasteiger partial charge >= 0.3 is 0 Å². The standard InChI is InChI=1S/C28H58B2N2O4P2Si/c1-4-6-8-10-11-12-13-14-15-17-19-21-27(33)32-25(24-35-39(30)37)23-31-28(34)22-26(36-38(3)29)20-18-16-9-7-5-2/h25-26,39H,4-24,37H2,1-3H3,(H,31,34)(H,32,33)/t25-,26-,38?,39?/m1/s1/i37T,39D/t25-,26-,37?,38?,39?. The first kappa shape index (κ1) is 35.3. The van der Waals surface area contributed by atoms with Gasteiger partial charge in [-0.15, -0.1) is 8.73 Å². The van der Waals surface area contributed by atoms with Gasteiger partial charge in [-0.25, -0.2) is 0 Å². The first-order chi connectivity index (χ1) is 19.6. The zero-order valence-electron chi connectivity index (χ0n) is 27.2. The molecule has 0 aliphatic heterocycles. The molecule has 2 N–H and O–H groups in total. The molecule has 0 heterocycles. The van der Waals surface area contributed by atoms with Crippen LogP contribution in [0.4, 0.5) is 0 Å². The highest BCUT2D eigenvalue weighted by Gasteiger charge is 2.18. The second-order valence-corrected chi connectivity index (χ2v) is 14.5. The van der Waals surface area contributed by atoms with E-state index < -0.39 is 31.3 Å². The zero-order valence-corrected chi connectivity index (χ0v) is 28.1. The minimum absolute atomic E-state index is 0.00277. The highest BCUT2D eigenvalue weighted by Crippen LogP contribution is 2.30. The predicted molar refractivity (Wildman–Crippen MR) is 176 cm³/mol. The molecule has 0 aromatic rings. The van der Waals surface area contributed by atoms with Crippen molar-refractivity contribution in [2.45, 2.75) is 148 Å². The summed E-state index contributed by atoms with van der Waals surface area (Å²) in [4.78, 5) is 25.4.